The molecular weight excluding hydrogens is 435 g/mol. The van der Waals surface area contributed by atoms with Crippen LogP contribution in [0.5, 0.6) is 0 Å². The second kappa shape index (κ2) is 13.6. The van der Waals surface area contributed by atoms with E-state index in [1.165, 1.54) is 79.8 Å². The summed E-state index contributed by atoms with van der Waals surface area (Å²) in [4.78, 5) is 10.8. The number of carbonyl (C=O) groups is 1. The van der Waals surface area contributed by atoms with E-state index in [-0.39, 0.29) is 11.8 Å². The summed E-state index contributed by atoms with van der Waals surface area (Å²) in [7, 11) is 0. The average Bonchev–Trinajstić information content (AvgIpc) is 2.56. The molecule has 1 aromatic rings. The minimum absolute atomic E-state index is 0.0515. The predicted molar refractivity (Wildman–Crippen MR) is 120 cm³/mol. The van der Waals surface area contributed by atoms with Gasteiger partial charge in [0.25, 0.3) is 0 Å². The van der Waals surface area contributed by atoms with Gasteiger partial charge in [-0.25, -0.2) is 0 Å². The maximum atomic E-state index is 10.8. The Balaban J connectivity index is 1.86. The van der Waals surface area contributed by atoms with Crippen molar-refractivity contribution in [1.82, 2.24) is 0 Å². The van der Waals surface area contributed by atoms with E-state index in [2.05, 4.69) is 60.7 Å². The molecule has 2 nitrogen and oxygen atoms in total. The van der Waals surface area contributed by atoms with Crippen LogP contribution in [0, 0.1) is 8.99 Å². The summed E-state index contributed by atoms with van der Waals surface area (Å²) < 4.78 is 1.32. The molecule has 0 amide bonds. The Kier molecular flexibility index (Phi) is 12.2. The van der Waals surface area contributed by atoms with Crippen molar-refractivity contribution in [3.63, 3.8) is 0 Å². The Hall–Kier alpha value is -0.580. The van der Waals surface area contributed by atoms with Gasteiger partial charge in [0.2, 0.25) is 0 Å². The molecule has 0 saturated carbocycles. The number of aliphatic carboxylic acids is 1. The second-order valence-corrected chi connectivity index (χ2v) is 9.64. The first-order chi connectivity index (χ1) is 12.4. The molecule has 26 heavy (non-hydrogen) atoms. The average molecular weight is 472 g/mol. The highest BCUT2D eigenvalue weighted by Crippen LogP contribution is 2.28. The van der Waals surface area contributed by atoms with Crippen LogP contribution in [0.2, 0.25) is 0 Å². The molecule has 0 heterocycles. The van der Waals surface area contributed by atoms with Crippen molar-refractivity contribution in [2.75, 3.05) is 0 Å². The van der Waals surface area contributed by atoms with Crippen LogP contribution in [0.25, 0.3) is 0 Å². The number of aryl methyl sites for hydroxylation is 1. The fourth-order valence-corrected chi connectivity index (χ4v) is 3.86. The third kappa shape index (κ3) is 12.7. The van der Waals surface area contributed by atoms with Crippen LogP contribution in [0.3, 0.4) is 0 Å². The van der Waals surface area contributed by atoms with Crippen LogP contribution >= 0.6 is 22.6 Å². The Labute approximate surface area is 174 Å². The van der Waals surface area contributed by atoms with Crippen LogP contribution < -0.4 is 0 Å². The summed E-state index contributed by atoms with van der Waals surface area (Å²) >= 11 is 2.36. The highest BCUT2D eigenvalue weighted by atomic mass is 127. The van der Waals surface area contributed by atoms with Gasteiger partial charge in [0.05, 0.1) is 6.42 Å². The fraction of sp³-hybridized carbons (Fsp3) is 0.696. The number of hydrogen-bond acceptors (Lipinski definition) is 1. The van der Waals surface area contributed by atoms with E-state index in [1.54, 1.807) is 0 Å². The lowest BCUT2D eigenvalue weighted by Gasteiger charge is -2.21. The minimum Gasteiger partial charge on any atom is -0.481 e. The van der Waals surface area contributed by atoms with Crippen LogP contribution in [0.1, 0.15) is 96.5 Å². The predicted octanol–water partition coefficient (Wildman–Crippen LogP) is 7.63. The van der Waals surface area contributed by atoms with Gasteiger partial charge in [-0.3, -0.25) is 4.79 Å². The third-order valence-electron chi connectivity index (χ3n) is 5.11. The third-order valence-corrected chi connectivity index (χ3v) is 5.83. The molecule has 0 aliphatic carbocycles. The van der Waals surface area contributed by atoms with E-state index in [0.717, 1.165) is 6.42 Å². The minimum atomic E-state index is -0.673. The van der Waals surface area contributed by atoms with Crippen molar-refractivity contribution >= 4 is 28.6 Å². The normalized spacial score (nSPS) is 11.7. The first-order valence-corrected chi connectivity index (χ1v) is 11.4. The summed E-state index contributed by atoms with van der Waals surface area (Å²) in [5.41, 5.74) is 1.42. The van der Waals surface area contributed by atoms with Crippen molar-refractivity contribution in [3.8, 4) is 0 Å². The topological polar surface area (TPSA) is 37.3 Å². The molecule has 3 heteroatoms. The highest BCUT2D eigenvalue weighted by molar-refractivity contribution is 14.1. The van der Waals surface area contributed by atoms with Crippen molar-refractivity contribution < 1.29 is 9.90 Å². The summed E-state index contributed by atoms with van der Waals surface area (Å²) in [5, 5.41) is 8.89. The van der Waals surface area contributed by atoms with Gasteiger partial charge in [0, 0.05) is 3.57 Å². The second-order valence-electron chi connectivity index (χ2n) is 8.40. The molecule has 1 rings (SSSR count). The summed E-state index contributed by atoms with van der Waals surface area (Å²) in [6, 6.07) is 8.90. The largest absolute Gasteiger partial charge is 0.481 e. The van der Waals surface area contributed by atoms with Gasteiger partial charge in [-0.15, -0.1) is 0 Å². The van der Waals surface area contributed by atoms with Crippen molar-refractivity contribution in [2.24, 2.45) is 5.41 Å². The van der Waals surface area contributed by atoms with Crippen LogP contribution in [-0.4, -0.2) is 11.1 Å². The molecule has 1 aromatic carbocycles. The summed E-state index contributed by atoms with van der Waals surface area (Å²) in [5.74, 6) is -0.673. The van der Waals surface area contributed by atoms with Gasteiger partial charge < -0.3 is 5.11 Å². The summed E-state index contributed by atoms with van der Waals surface area (Å²) in [6.45, 7) is 4.14. The van der Waals surface area contributed by atoms with E-state index in [9.17, 15) is 4.79 Å². The number of carboxylic acids is 1. The molecule has 0 unspecified atom stereocenters. The number of halogens is 1. The van der Waals surface area contributed by atoms with E-state index >= 15 is 0 Å². The number of benzene rings is 1. The van der Waals surface area contributed by atoms with Gasteiger partial charge >= 0.3 is 5.97 Å². The molecule has 1 N–H and O–H groups in total. The molecule has 0 atom stereocenters. The molecule has 148 valence electrons. The Morgan fingerprint density at radius 3 is 1.81 bits per heavy atom. The van der Waals surface area contributed by atoms with Gasteiger partial charge in [0.15, 0.2) is 0 Å². The van der Waals surface area contributed by atoms with Gasteiger partial charge in [-0.2, -0.15) is 0 Å². The van der Waals surface area contributed by atoms with Gasteiger partial charge in [-0.05, 0) is 65.0 Å². The molecule has 0 aliphatic heterocycles. The van der Waals surface area contributed by atoms with Crippen molar-refractivity contribution in [2.45, 2.75) is 97.3 Å². The number of hydrogen-bond donors (Lipinski definition) is 1. The monoisotopic (exact) mass is 472 g/mol. The Bertz CT molecular complexity index is 493. The SMILES string of the molecule is CC(C)(CCCCCCCCCCCCc1ccc(I)cc1)CC(=O)O. The maximum Gasteiger partial charge on any atom is 0.303 e. The molecule has 0 aliphatic rings. The number of carboxylic acid groups (broad SMARTS) is 1. The standard InChI is InChI=1S/C23H37IO2/c1-23(2,19-22(25)26)18-12-10-8-6-4-3-5-7-9-11-13-20-14-16-21(24)17-15-20/h14-17H,3-13,18-19H2,1-2H3,(H,25,26). The molecule has 0 bridgehead atoms. The fourth-order valence-electron chi connectivity index (χ4n) is 3.50. The zero-order valence-corrected chi connectivity index (χ0v) is 18.9. The van der Waals surface area contributed by atoms with E-state index in [1.807, 2.05) is 0 Å². The molecule has 0 saturated heterocycles. The van der Waals surface area contributed by atoms with Gasteiger partial charge in [-0.1, -0.05) is 83.8 Å². The molecule has 0 fully saturated rings. The van der Waals surface area contributed by atoms with Crippen LogP contribution in [0.15, 0.2) is 24.3 Å². The maximum absolute atomic E-state index is 10.8. The number of unbranched alkanes of at least 4 members (excludes halogenated alkanes) is 9. The molecular formula is C23H37IO2. The van der Waals surface area contributed by atoms with Crippen molar-refractivity contribution in [1.29, 1.82) is 0 Å². The smallest absolute Gasteiger partial charge is 0.303 e. The lowest BCUT2D eigenvalue weighted by Crippen LogP contribution is -2.16. The lowest BCUT2D eigenvalue weighted by atomic mass is 9.83. The Morgan fingerprint density at radius 1 is 0.846 bits per heavy atom. The first kappa shape index (κ1) is 23.5. The summed E-state index contributed by atoms with van der Waals surface area (Å²) in [6.07, 6.45) is 15.7. The van der Waals surface area contributed by atoms with E-state index in [0.29, 0.717) is 0 Å². The van der Waals surface area contributed by atoms with Crippen LogP contribution in [0.4, 0.5) is 0 Å². The quantitative estimate of drug-likeness (QED) is 0.211. The number of rotatable bonds is 15. The zero-order chi connectivity index (χ0) is 19.3. The van der Waals surface area contributed by atoms with Gasteiger partial charge in [0.1, 0.15) is 0 Å². The molecule has 0 spiro atoms. The molecule has 0 aromatic heterocycles. The Morgan fingerprint density at radius 2 is 1.31 bits per heavy atom. The molecule has 0 radical (unpaired) electrons. The van der Waals surface area contributed by atoms with Crippen molar-refractivity contribution in [3.05, 3.63) is 33.4 Å². The zero-order valence-electron chi connectivity index (χ0n) is 16.7. The first-order valence-electron chi connectivity index (χ1n) is 10.4. The van der Waals surface area contributed by atoms with E-state index in [4.69, 9.17) is 5.11 Å². The van der Waals surface area contributed by atoms with Crippen LogP contribution in [-0.2, 0) is 11.2 Å². The van der Waals surface area contributed by atoms with E-state index < -0.39 is 5.97 Å². The lowest BCUT2D eigenvalue weighted by molar-refractivity contribution is -0.139. The highest BCUT2D eigenvalue weighted by Gasteiger charge is 2.20.